The molecule has 0 saturated heterocycles. The maximum Gasteiger partial charge on any atom is 0.101 e. The molecule has 3 saturated carbocycles. The summed E-state index contributed by atoms with van der Waals surface area (Å²) in [7, 11) is 0. The maximum absolute atomic E-state index is 10.3. The molecule has 3 aliphatic rings. The van der Waals surface area contributed by atoms with E-state index in [1.807, 2.05) is 0 Å². The van der Waals surface area contributed by atoms with Crippen molar-refractivity contribution in [3.8, 4) is 0 Å². The average Bonchev–Trinajstić information content (AvgIpc) is 2.77. The summed E-state index contributed by atoms with van der Waals surface area (Å²) in [5, 5.41) is 10.3. The third-order valence-corrected chi connectivity index (χ3v) is 5.05. The smallest absolute Gasteiger partial charge is 0.101 e. The van der Waals surface area contributed by atoms with Crippen LogP contribution in [0.15, 0.2) is 18.6 Å². The summed E-state index contributed by atoms with van der Waals surface area (Å²) in [6.45, 7) is 0. The second kappa shape index (κ2) is 3.04. The highest BCUT2D eigenvalue weighted by molar-refractivity contribution is 5.18. The van der Waals surface area contributed by atoms with Crippen molar-refractivity contribution >= 4 is 0 Å². The van der Waals surface area contributed by atoms with Crippen molar-refractivity contribution in [2.45, 2.75) is 25.4 Å². The second-order valence-electron chi connectivity index (χ2n) is 5.64. The molecule has 1 aromatic heterocycles. The van der Waals surface area contributed by atoms with Crippen molar-refractivity contribution in [2.75, 3.05) is 0 Å². The second-order valence-corrected chi connectivity index (χ2v) is 5.64. The lowest BCUT2D eigenvalue weighted by Crippen LogP contribution is -2.09. The molecule has 0 aromatic carbocycles. The third-order valence-electron chi connectivity index (χ3n) is 5.05. The monoisotopic (exact) mass is 216 g/mol. The van der Waals surface area contributed by atoms with Gasteiger partial charge in [-0.1, -0.05) is 0 Å². The number of nitrogens with zero attached hydrogens (tertiary/aromatic N) is 2. The minimum atomic E-state index is -0.368. The normalized spacial score (nSPS) is 45.4. The Labute approximate surface area is 94.9 Å². The van der Waals surface area contributed by atoms with Crippen molar-refractivity contribution in [1.82, 2.24) is 9.97 Å². The van der Waals surface area contributed by atoms with Crippen LogP contribution in [-0.2, 0) is 0 Å². The van der Waals surface area contributed by atoms with Gasteiger partial charge < -0.3 is 5.11 Å². The number of rotatable bonds is 2. The summed E-state index contributed by atoms with van der Waals surface area (Å²) in [5.41, 5.74) is 0.765. The first kappa shape index (κ1) is 9.11. The molecule has 5 unspecified atom stereocenters. The molecule has 3 aliphatic carbocycles. The summed E-state index contributed by atoms with van der Waals surface area (Å²) < 4.78 is 0. The van der Waals surface area contributed by atoms with Gasteiger partial charge in [0.25, 0.3) is 0 Å². The number of fused-ring (bicyclic) bond motifs is 5. The van der Waals surface area contributed by atoms with E-state index in [9.17, 15) is 5.11 Å². The first-order chi connectivity index (χ1) is 7.86. The van der Waals surface area contributed by atoms with E-state index in [4.69, 9.17) is 0 Å². The van der Waals surface area contributed by atoms with Crippen LogP contribution in [0.2, 0.25) is 0 Å². The molecule has 0 amide bonds. The SMILES string of the molecule is OC(c1cnccn1)C1C2C3CCC(C3)C21. The molecule has 0 aliphatic heterocycles. The van der Waals surface area contributed by atoms with E-state index in [1.165, 1.54) is 19.3 Å². The topological polar surface area (TPSA) is 46.0 Å². The zero-order chi connectivity index (χ0) is 10.7. The van der Waals surface area contributed by atoms with Crippen molar-refractivity contribution < 1.29 is 5.11 Å². The summed E-state index contributed by atoms with van der Waals surface area (Å²) >= 11 is 0. The van der Waals surface area contributed by atoms with Gasteiger partial charge in [0.1, 0.15) is 6.10 Å². The van der Waals surface area contributed by atoms with Crippen LogP contribution in [0, 0.1) is 29.6 Å². The van der Waals surface area contributed by atoms with Crippen LogP contribution < -0.4 is 0 Å². The van der Waals surface area contributed by atoms with Gasteiger partial charge in [-0.3, -0.25) is 9.97 Å². The fourth-order valence-corrected chi connectivity index (χ4v) is 4.48. The number of aliphatic hydroxyl groups is 1. The van der Waals surface area contributed by atoms with E-state index in [0.717, 1.165) is 29.4 Å². The maximum atomic E-state index is 10.3. The Hall–Kier alpha value is -0.960. The minimum absolute atomic E-state index is 0.368. The van der Waals surface area contributed by atoms with Crippen LogP contribution in [0.5, 0.6) is 0 Å². The van der Waals surface area contributed by atoms with E-state index >= 15 is 0 Å². The molecule has 1 aromatic rings. The quantitative estimate of drug-likeness (QED) is 0.820. The van der Waals surface area contributed by atoms with E-state index < -0.39 is 0 Å². The van der Waals surface area contributed by atoms with Crippen molar-refractivity contribution in [3.05, 3.63) is 24.3 Å². The average molecular weight is 216 g/mol. The van der Waals surface area contributed by atoms with Crippen molar-refractivity contribution in [2.24, 2.45) is 29.6 Å². The molecule has 4 rings (SSSR count). The summed E-state index contributed by atoms with van der Waals surface area (Å²) in [6.07, 6.45) is 8.90. The van der Waals surface area contributed by atoms with E-state index in [2.05, 4.69) is 9.97 Å². The predicted molar refractivity (Wildman–Crippen MR) is 58.3 cm³/mol. The molecule has 1 heterocycles. The first-order valence-corrected chi connectivity index (χ1v) is 6.30. The highest BCUT2D eigenvalue weighted by atomic mass is 16.3. The summed E-state index contributed by atoms with van der Waals surface area (Å²) in [4.78, 5) is 8.27. The molecular formula is C13H16N2O. The van der Waals surface area contributed by atoms with Gasteiger partial charge in [-0.2, -0.15) is 0 Å². The van der Waals surface area contributed by atoms with E-state index in [0.29, 0.717) is 5.92 Å². The lowest BCUT2D eigenvalue weighted by atomic mass is 9.97. The van der Waals surface area contributed by atoms with Gasteiger partial charge in [-0.05, 0) is 48.9 Å². The molecular weight excluding hydrogens is 200 g/mol. The lowest BCUT2D eigenvalue weighted by molar-refractivity contribution is 0.125. The number of aromatic nitrogens is 2. The largest absolute Gasteiger partial charge is 0.386 e. The number of aliphatic hydroxyl groups excluding tert-OH is 1. The molecule has 5 atom stereocenters. The Bertz CT molecular complexity index is 392. The minimum Gasteiger partial charge on any atom is -0.386 e. The Morgan fingerprint density at radius 3 is 2.56 bits per heavy atom. The Kier molecular flexibility index (Phi) is 1.73. The molecule has 2 bridgehead atoms. The number of hydrogen-bond acceptors (Lipinski definition) is 3. The van der Waals surface area contributed by atoms with Crippen LogP contribution in [0.3, 0.4) is 0 Å². The van der Waals surface area contributed by atoms with Crippen molar-refractivity contribution in [1.29, 1.82) is 0 Å². The summed E-state index contributed by atoms with van der Waals surface area (Å²) in [5.74, 6) is 3.91. The molecule has 16 heavy (non-hydrogen) atoms. The molecule has 0 spiro atoms. The predicted octanol–water partition coefficient (Wildman–Crippen LogP) is 1.80. The zero-order valence-corrected chi connectivity index (χ0v) is 9.16. The third kappa shape index (κ3) is 1.07. The molecule has 3 nitrogen and oxygen atoms in total. The van der Waals surface area contributed by atoms with Gasteiger partial charge in [0.2, 0.25) is 0 Å². The Morgan fingerprint density at radius 2 is 1.94 bits per heavy atom. The zero-order valence-electron chi connectivity index (χ0n) is 9.16. The van der Waals surface area contributed by atoms with Crippen LogP contribution >= 0.6 is 0 Å². The summed E-state index contributed by atoms with van der Waals surface area (Å²) in [6, 6.07) is 0. The molecule has 3 fully saturated rings. The van der Waals surface area contributed by atoms with E-state index in [-0.39, 0.29) is 6.10 Å². The molecule has 84 valence electrons. The Balaban J connectivity index is 1.57. The van der Waals surface area contributed by atoms with Crippen molar-refractivity contribution in [3.63, 3.8) is 0 Å². The number of hydrogen-bond donors (Lipinski definition) is 1. The first-order valence-electron chi connectivity index (χ1n) is 6.30. The van der Waals surface area contributed by atoms with Crippen LogP contribution in [0.4, 0.5) is 0 Å². The fourth-order valence-electron chi connectivity index (χ4n) is 4.48. The molecule has 1 N–H and O–H groups in total. The van der Waals surface area contributed by atoms with Gasteiger partial charge in [0.05, 0.1) is 11.9 Å². The standard InChI is InChI=1S/C13H16N2O/c16-13(9-6-14-3-4-15-9)12-10-7-1-2-8(5-7)11(10)12/h3-4,6-8,10-13,16H,1-2,5H2. The highest BCUT2D eigenvalue weighted by Gasteiger charge is 2.67. The molecule has 3 heteroatoms. The van der Waals surface area contributed by atoms with Gasteiger partial charge in [0, 0.05) is 12.4 Å². The lowest BCUT2D eigenvalue weighted by Gasteiger charge is -2.14. The van der Waals surface area contributed by atoms with Gasteiger partial charge in [-0.15, -0.1) is 0 Å². The Morgan fingerprint density at radius 1 is 1.19 bits per heavy atom. The van der Waals surface area contributed by atoms with Crippen LogP contribution in [-0.4, -0.2) is 15.1 Å². The molecule has 0 radical (unpaired) electrons. The van der Waals surface area contributed by atoms with E-state index in [1.54, 1.807) is 18.6 Å². The highest BCUT2D eigenvalue weighted by Crippen LogP contribution is 2.72. The van der Waals surface area contributed by atoms with Gasteiger partial charge in [-0.25, -0.2) is 0 Å². The van der Waals surface area contributed by atoms with Crippen LogP contribution in [0.25, 0.3) is 0 Å². The fraction of sp³-hybridized carbons (Fsp3) is 0.692. The van der Waals surface area contributed by atoms with Gasteiger partial charge >= 0.3 is 0 Å². The van der Waals surface area contributed by atoms with Gasteiger partial charge in [0.15, 0.2) is 0 Å². The van der Waals surface area contributed by atoms with Crippen LogP contribution in [0.1, 0.15) is 31.1 Å².